The Labute approximate surface area is 246 Å². The van der Waals surface area contributed by atoms with Crippen LogP contribution in [0, 0.1) is 0 Å². The molecule has 5 aromatic rings. The summed E-state index contributed by atoms with van der Waals surface area (Å²) in [4.78, 5) is 36.7. The predicted molar refractivity (Wildman–Crippen MR) is 164 cm³/mol. The Morgan fingerprint density at radius 1 is 1.05 bits per heavy atom. The minimum Gasteiger partial charge on any atom is -0.508 e. The molecule has 0 bridgehead atoms. The summed E-state index contributed by atoms with van der Waals surface area (Å²) in [5.41, 5.74) is 3.68. The van der Waals surface area contributed by atoms with E-state index in [4.69, 9.17) is 16.3 Å². The van der Waals surface area contributed by atoms with E-state index >= 15 is 0 Å². The second kappa shape index (κ2) is 11.0. The number of H-pyrrole nitrogens is 2. The van der Waals surface area contributed by atoms with Crippen LogP contribution in [-0.2, 0) is 0 Å². The standard InChI is InChI=1S/C31H30ClN5O5/c1-36(2)9-10-42-21-7-8-23-17(11-21)12-25(34-23)31(41)37-16-18(15-32)28-22-13-24(35-29(22)27(39)14-26(28)37)30(40)33-19-3-5-20(38)6-4-19/h3-8,11-14,18,34-35,38-39H,9-10,15-16H2,1-2H3,(H,33,40)/t18-/m1/s1. The smallest absolute Gasteiger partial charge is 0.274 e. The Balaban J connectivity index is 1.30. The van der Waals surface area contributed by atoms with Crippen LogP contribution >= 0.6 is 11.6 Å². The summed E-state index contributed by atoms with van der Waals surface area (Å²) < 4.78 is 5.85. The fraction of sp³-hybridized carbons (Fsp3) is 0.226. The molecule has 0 radical (unpaired) electrons. The third-order valence-corrected chi connectivity index (χ3v) is 7.82. The van der Waals surface area contributed by atoms with E-state index in [1.807, 2.05) is 37.2 Å². The first-order chi connectivity index (χ1) is 20.2. The van der Waals surface area contributed by atoms with Crippen molar-refractivity contribution in [2.45, 2.75) is 5.92 Å². The van der Waals surface area contributed by atoms with Crippen LogP contribution in [0.25, 0.3) is 21.8 Å². The van der Waals surface area contributed by atoms with Crippen LogP contribution in [-0.4, -0.2) is 76.6 Å². The molecule has 1 atom stereocenters. The number of anilines is 2. The number of aromatic nitrogens is 2. The molecule has 42 heavy (non-hydrogen) atoms. The molecule has 2 amide bonds. The van der Waals surface area contributed by atoms with Crippen LogP contribution in [0.1, 0.15) is 32.5 Å². The molecule has 0 unspecified atom stereocenters. The largest absolute Gasteiger partial charge is 0.508 e. The highest BCUT2D eigenvalue weighted by atomic mass is 35.5. The van der Waals surface area contributed by atoms with Crippen LogP contribution in [0.15, 0.2) is 60.7 Å². The number of nitrogens with one attached hydrogen (secondary N) is 3. The average molecular weight is 588 g/mol. The number of halogens is 1. The molecule has 1 aliphatic heterocycles. The van der Waals surface area contributed by atoms with Crippen molar-refractivity contribution in [2.24, 2.45) is 0 Å². The molecule has 3 aromatic carbocycles. The van der Waals surface area contributed by atoms with Crippen molar-refractivity contribution in [1.82, 2.24) is 14.9 Å². The molecule has 0 fully saturated rings. The topological polar surface area (TPSA) is 134 Å². The maximum absolute atomic E-state index is 13.8. The van der Waals surface area contributed by atoms with Crippen LogP contribution in [0.5, 0.6) is 17.2 Å². The third-order valence-electron chi connectivity index (χ3n) is 7.45. The second-order valence-electron chi connectivity index (χ2n) is 10.7. The quantitative estimate of drug-likeness (QED) is 0.125. The summed E-state index contributed by atoms with van der Waals surface area (Å²) in [6, 6.07) is 16.8. The lowest BCUT2D eigenvalue weighted by Crippen LogP contribution is -2.30. The van der Waals surface area contributed by atoms with Gasteiger partial charge in [-0.25, -0.2) is 0 Å². The van der Waals surface area contributed by atoms with Gasteiger partial charge >= 0.3 is 0 Å². The van der Waals surface area contributed by atoms with Crippen LogP contribution in [0.4, 0.5) is 11.4 Å². The minimum absolute atomic E-state index is 0.0865. The van der Waals surface area contributed by atoms with Gasteiger partial charge in [-0.2, -0.15) is 0 Å². The van der Waals surface area contributed by atoms with Gasteiger partial charge in [0.25, 0.3) is 11.8 Å². The van der Waals surface area contributed by atoms with E-state index in [-0.39, 0.29) is 34.9 Å². The number of aromatic amines is 2. The number of benzene rings is 3. The number of fused-ring (bicyclic) bond motifs is 4. The fourth-order valence-electron chi connectivity index (χ4n) is 5.34. The second-order valence-corrected chi connectivity index (χ2v) is 11.0. The Kier molecular flexibility index (Phi) is 7.17. The van der Waals surface area contributed by atoms with E-state index in [1.165, 1.54) is 12.1 Å². The number of nitrogens with zero attached hydrogens (tertiary/aromatic N) is 2. The van der Waals surface area contributed by atoms with Gasteiger partial charge in [0.1, 0.15) is 35.2 Å². The number of likely N-dealkylation sites (N-methyl/N-ethyl adjacent to an activating group) is 1. The lowest BCUT2D eigenvalue weighted by molar-refractivity contribution is 0.0983. The van der Waals surface area contributed by atoms with Crippen molar-refractivity contribution in [2.75, 3.05) is 49.9 Å². The number of rotatable bonds is 8. The zero-order chi connectivity index (χ0) is 29.5. The van der Waals surface area contributed by atoms with E-state index in [0.717, 1.165) is 28.8 Å². The number of hydrogen-bond donors (Lipinski definition) is 5. The summed E-state index contributed by atoms with van der Waals surface area (Å²) in [6.45, 7) is 1.66. The zero-order valence-electron chi connectivity index (χ0n) is 23.1. The van der Waals surface area contributed by atoms with Crippen molar-refractivity contribution in [3.8, 4) is 17.2 Å². The van der Waals surface area contributed by atoms with Gasteiger partial charge in [-0.05, 0) is 74.3 Å². The van der Waals surface area contributed by atoms with Gasteiger partial charge in [-0.3, -0.25) is 9.59 Å². The average Bonchev–Trinajstić information content (AvgIpc) is 3.69. The molecular formula is C31H30ClN5O5. The van der Waals surface area contributed by atoms with Crippen molar-refractivity contribution < 1.29 is 24.5 Å². The number of hydrogen-bond acceptors (Lipinski definition) is 6. The fourth-order valence-corrected chi connectivity index (χ4v) is 5.59. The van der Waals surface area contributed by atoms with E-state index < -0.39 is 5.91 Å². The first-order valence-electron chi connectivity index (χ1n) is 13.5. The number of phenols is 2. The van der Waals surface area contributed by atoms with Gasteiger partial charge in [0.15, 0.2) is 0 Å². The molecule has 0 spiro atoms. The number of aromatic hydroxyl groups is 2. The predicted octanol–water partition coefficient (Wildman–Crippen LogP) is 5.24. The number of carbonyl (C=O) groups excluding carboxylic acids is 2. The number of alkyl halides is 1. The van der Waals surface area contributed by atoms with Crippen molar-refractivity contribution in [3.05, 3.63) is 77.6 Å². The molecule has 0 aliphatic carbocycles. The summed E-state index contributed by atoms with van der Waals surface area (Å²) in [7, 11) is 3.97. The summed E-state index contributed by atoms with van der Waals surface area (Å²) in [6.07, 6.45) is 0. The number of phenolic OH excluding ortho intramolecular Hbond substituents is 2. The Bertz CT molecular complexity index is 1810. The van der Waals surface area contributed by atoms with Crippen LogP contribution in [0.2, 0.25) is 0 Å². The van der Waals surface area contributed by atoms with E-state index in [0.29, 0.717) is 41.1 Å². The van der Waals surface area contributed by atoms with Crippen molar-refractivity contribution in [3.63, 3.8) is 0 Å². The summed E-state index contributed by atoms with van der Waals surface area (Å²) >= 11 is 6.39. The molecule has 10 nitrogen and oxygen atoms in total. The SMILES string of the molecule is CN(C)CCOc1ccc2[nH]c(C(=O)N3C[C@@H](CCl)c4c3cc(O)c3[nH]c(C(=O)Nc5ccc(O)cc5)cc43)cc2c1. The summed E-state index contributed by atoms with van der Waals surface area (Å²) in [5.74, 6) is 0.0942. The van der Waals surface area contributed by atoms with E-state index in [1.54, 1.807) is 35.2 Å². The van der Waals surface area contributed by atoms with Gasteiger partial charge in [0, 0.05) is 52.9 Å². The highest BCUT2D eigenvalue weighted by molar-refractivity contribution is 6.19. The monoisotopic (exact) mass is 587 g/mol. The zero-order valence-corrected chi connectivity index (χ0v) is 23.8. The summed E-state index contributed by atoms with van der Waals surface area (Å²) in [5, 5.41) is 24.7. The Hall–Kier alpha value is -4.67. The third kappa shape index (κ3) is 5.10. The molecule has 0 saturated heterocycles. The molecule has 2 aromatic heterocycles. The first-order valence-corrected chi connectivity index (χ1v) is 14.0. The molecule has 11 heteroatoms. The molecule has 6 rings (SSSR count). The van der Waals surface area contributed by atoms with Gasteiger partial charge < -0.3 is 40.0 Å². The molecule has 0 saturated carbocycles. The number of amides is 2. The molecular weight excluding hydrogens is 558 g/mol. The van der Waals surface area contributed by atoms with Crippen LogP contribution in [0.3, 0.4) is 0 Å². The van der Waals surface area contributed by atoms with Crippen LogP contribution < -0.4 is 15.0 Å². The van der Waals surface area contributed by atoms with Gasteiger partial charge in [-0.1, -0.05) is 0 Å². The van der Waals surface area contributed by atoms with Crippen molar-refractivity contribution >= 4 is 56.6 Å². The maximum Gasteiger partial charge on any atom is 0.274 e. The molecule has 216 valence electrons. The lowest BCUT2D eigenvalue weighted by Gasteiger charge is -2.17. The van der Waals surface area contributed by atoms with Crippen molar-refractivity contribution in [1.29, 1.82) is 0 Å². The number of carbonyl (C=O) groups is 2. The highest BCUT2D eigenvalue weighted by Gasteiger charge is 2.36. The lowest BCUT2D eigenvalue weighted by atomic mass is 9.98. The Morgan fingerprint density at radius 2 is 1.83 bits per heavy atom. The first kappa shape index (κ1) is 27.5. The highest BCUT2D eigenvalue weighted by Crippen LogP contribution is 2.46. The molecule has 3 heterocycles. The van der Waals surface area contributed by atoms with Gasteiger partial charge in [0.2, 0.25) is 0 Å². The normalized spacial score (nSPS) is 14.6. The van der Waals surface area contributed by atoms with E-state index in [9.17, 15) is 19.8 Å². The van der Waals surface area contributed by atoms with E-state index in [2.05, 4.69) is 15.3 Å². The van der Waals surface area contributed by atoms with Gasteiger partial charge in [0.05, 0.1) is 11.2 Å². The number of ether oxygens (including phenoxy) is 1. The maximum atomic E-state index is 13.8. The Morgan fingerprint density at radius 3 is 2.57 bits per heavy atom. The minimum atomic E-state index is -0.415. The van der Waals surface area contributed by atoms with Gasteiger partial charge in [-0.15, -0.1) is 11.6 Å². The molecule has 5 N–H and O–H groups in total. The molecule has 1 aliphatic rings.